The second-order valence-electron chi connectivity index (χ2n) is 7.25. The van der Waals surface area contributed by atoms with Gasteiger partial charge in [0.05, 0.1) is 26.3 Å². The number of methoxy groups -OCH3 is 2. The Bertz CT molecular complexity index is 614. The van der Waals surface area contributed by atoms with E-state index in [4.69, 9.17) is 15.2 Å². The Morgan fingerprint density at radius 2 is 2.04 bits per heavy atom. The molecule has 2 rings (SSSR count). The summed E-state index contributed by atoms with van der Waals surface area (Å²) in [6.07, 6.45) is 1.03. The second-order valence-corrected chi connectivity index (χ2v) is 7.25. The van der Waals surface area contributed by atoms with Crippen molar-refractivity contribution in [2.24, 2.45) is 11.1 Å². The molecule has 3 unspecified atom stereocenters. The first-order chi connectivity index (χ1) is 11.8. The number of likely N-dealkylation sites (tertiary alicyclic amines) is 1. The molecule has 1 heterocycles. The molecule has 148 valence electrons. The van der Waals surface area contributed by atoms with E-state index < -0.39 is 0 Å². The van der Waals surface area contributed by atoms with Crippen molar-refractivity contribution in [2.45, 2.75) is 39.3 Å². The number of carbonyl (C=O) groups is 1. The van der Waals surface area contributed by atoms with Crippen molar-refractivity contribution in [3.63, 3.8) is 0 Å². The first-order valence-corrected chi connectivity index (χ1v) is 8.80. The number of halogens is 1. The number of nitrogens with zero attached hydrogens (tertiary/aromatic N) is 1. The Kier molecular flexibility index (Phi) is 8.18. The minimum absolute atomic E-state index is 0. The molecular weight excluding hydrogens is 354 g/mol. The van der Waals surface area contributed by atoms with Gasteiger partial charge < -0.3 is 20.5 Å². The molecule has 1 aromatic carbocycles. The van der Waals surface area contributed by atoms with Crippen LogP contribution in [0.4, 0.5) is 0 Å². The topological polar surface area (TPSA) is 76.8 Å². The maximum Gasteiger partial charge on any atom is 0.237 e. The number of nitrogens with one attached hydrogen (secondary N) is 1. The highest BCUT2D eigenvalue weighted by Crippen LogP contribution is 2.31. The summed E-state index contributed by atoms with van der Waals surface area (Å²) >= 11 is 0. The van der Waals surface area contributed by atoms with Crippen LogP contribution in [0, 0.1) is 5.41 Å². The Morgan fingerprint density at radius 3 is 2.58 bits per heavy atom. The summed E-state index contributed by atoms with van der Waals surface area (Å²) in [5, 5.41) is 3.10. The summed E-state index contributed by atoms with van der Waals surface area (Å²) in [6, 6.07) is 5.23. The first kappa shape index (κ1) is 22.5. The van der Waals surface area contributed by atoms with Crippen molar-refractivity contribution < 1.29 is 14.3 Å². The van der Waals surface area contributed by atoms with E-state index >= 15 is 0 Å². The van der Waals surface area contributed by atoms with Gasteiger partial charge in [0.1, 0.15) is 11.5 Å². The molecule has 0 spiro atoms. The Morgan fingerprint density at radius 1 is 1.35 bits per heavy atom. The molecule has 1 saturated heterocycles. The van der Waals surface area contributed by atoms with Gasteiger partial charge in [-0.1, -0.05) is 6.92 Å². The normalized spacial score (nSPS) is 22.2. The minimum atomic E-state index is -0.188. The summed E-state index contributed by atoms with van der Waals surface area (Å²) in [5.41, 5.74) is 6.88. The molecule has 0 aliphatic carbocycles. The van der Waals surface area contributed by atoms with Gasteiger partial charge in [0.2, 0.25) is 5.91 Å². The van der Waals surface area contributed by atoms with Crippen molar-refractivity contribution in [1.29, 1.82) is 0 Å². The maximum atomic E-state index is 12.7. The van der Waals surface area contributed by atoms with Crippen LogP contribution in [-0.2, 0) is 4.79 Å². The molecule has 1 fully saturated rings. The van der Waals surface area contributed by atoms with Crippen molar-refractivity contribution in [3.8, 4) is 11.5 Å². The molecule has 3 atom stereocenters. The number of rotatable bonds is 7. The number of benzene rings is 1. The average Bonchev–Trinajstić information content (AvgIpc) is 3.03. The minimum Gasteiger partial charge on any atom is -0.497 e. The third-order valence-electron chi connectivity index (χ3n) is 5.27. The van der Waals surface area contributed by atoms with Crippen LogP contribution >= 0.6 is 12.4 Å². The maximum absolute atomic E-state index is 12.7. The SMILES string of the molecule is COc1ccc(OC)c(C(C)NC(=O)C(C)N2CCC(C)(CN)C2)c1.Cl. The van der Waals surface area contributed by atoms with E-state index in [2.05, 4.69) is 17.1 Å². The van der Waals surface area contributed by atoms with Crippen molar-refractivity contribution in [3.05, 3.63) is 23.8 Å². The monoisotopic (exact) mass is 385 g/mol. The van der Waals surface area contributed by atoms with Gasteiger partial charge in [0, 0.05) is 12.1 Å². The summed E-state index contributed by atoms with van der Waals surface area (Å²) < 4.78 is 10.7. The Balaban J connectivity index is 0.00000338. The summed E-state index contributed by atoms with van der Waals surface area (Å²) in [5.74, 6) is 1.49. The van der Waals surface area contributed by atoms with E-state index in [9.17, 15) is 4.79 Å². The van der Waals surface area contributed by atoms with Gasteiger partial charge in [0.25, 0.3) is 0 Å². The molecule has 7 heteroatoms. The molecule has 3 N–H and O–H groups in total. The molecule has 1 amide bonds. The summed E-state index contributed by atoms with van der Waals surface area (Å²) in [7, 11) is 3.25. The van der Waals surface area contributed by atoms with Crippen LogP contribution < -0.4 is 20.5 Å². The van der Waals surface area contributed by atoms with Crippen LogP contribution in [0.25, 0.3) is 0 Å². The average molecular weight is 386 g/mol. The van der Waals surface area contributed by atoms with Crippen LogP contribution in [0.2, 0.25) is 0 Å². The molecule has 1 aromatic rings. The number of amides is 1. The molecule has 0 aromatic heterocycles. The number of hydrogen-bond acceptors (Lipinski definition) is 5. The lowest BCUT2D eigenvalue weighted by molar-refractivity contribution is -0.126. The third kappa shape index (κ3) is 5.02. The van der Waals surface area contributed by atoms with Gasteiger partial charge in [0.15, 0.2) is 0 Å². The lowest BCUT2D eigenvalue weighted by atomic mass is 9.90. The Hall–Kier alpha value is -1.50. The fourth-order valence-electron chi connectivity index (χ4n) is 3.31. The predicted octanol–water partition coefficient (Wildman–Crippen LogP) is 2.36. The number of ether oxygens (including phenoxy) is 2. The third-order valence-corrected chi connectivity index (χ3v) is 5.27. The van der Waals surface area contributed by atoms with Gasteiger partial charge in [-0.05, 0) is 57.0 Å². The predicted molar refractivity (Wildman–Crippen MR) is 106 cm³/mol. The molecular formula is C19H32ClN3O3. The highest BCUT2D eigenvalue weighted by molar-refractivity contribution is 5.85. The Labute approximate surface area is 162 Å². The number of carbonyl (C=O) groups excluding carboxylic acids is 1. The van der Waals surface area contributed by atoms with Crippen LogP contribution in [-0.4, -0.2) is 50.7 Å². The molecule has 1 aliphatic heterocycles. The molecule has 0 radical (unpaired) electrons. The van der Waals surface area contributed by atoms with Gasteiger partial charge in [-0.2, -0.15) is 0 Å². The zero-order valence-corrected chi connectivity index (χ0v) is 17.2. The molecule has 6 nitrogen and oxygen atoms in total. The van der Waals surface area contributed by atoms with Crippen LogP contribution in [0.15, 0.2) is 18.2 Å². The molecule has 0 bridgehead atoms. The highest BCUT2D eigenvalue weighted by atomic mass is 35.5. The van der Waals surface area contributed by atoms with E-state index in [-0.39, 0.29) is 35.8 Å². The smallest absolute Gasteiger partial charge is 0.237 e. The largest absolute Gasteiger partial charge is 0.497 e. The fourth-order valence-corrected chi connectivity index (χ4v) is 3.31. The van der Waals surface area contributed by atoms with Gasteiger partial charge in [-0.3, -0.25) is 9.69 Å². The lowest BCUT2D eigenvalue weighted by Gasteiger charge is -2.28. The van der Waals surface area contributed by atoms with Crippen molar-refractivity contribution in [1.82, 2.24) is 10.2 Å². The van der Waals surface area contributed by atoms with E-state index in [1.165, 1.54) is 0 Å². The van der Waals surface area contributed by atoms with Gasteiger partial charge in [-0.25, -0.2) is 0 Å². The summed E-state index contributed by atoms with van der Waals surface area (Å²) in [4.78, 5) is 14.9. The van der Waals surface area contributed by atoms with Crippen LogP contribution in [0.3, 0.4) is 0 Å². The zero-order valence-electron chi connectivity index (χ0n) is 16.4. The molecule has 1 aliphatic rings. The van der Waals surface area contributed by atoms with E-state index in [1.807, 2.05) is 32.0 Å². The van der Waals surface area contributed by atoms with Gasteiger partial charge >= 0.3 is 0 Å². The van der Waals surface area contributed by atoms with Crippen molar-refractivity contribution >= 4 is 18.3 Å². The highest BCUT2D eigenvalue weighted by Gasteiger charge is 2.36. The second kappa shape index (κ2) is 9.44. The van der Waals surface area contributed by atoms with E-state index in [1.54, 1.807) is 14.2 Å². The van der Waals surface area contributed by atoms with Gasteiger partial charge in [-0.15, -0.1) is 12.4 Å². The van der Waals surface area contributed by atoms with E-state index in [0.717, 1.165) is 36.6 Å². The van der Waals surface area contributed by atoms with Crippen LogP contribution in [0.5, 0.6) is 11.5 Å². The molecule has 0 saturated carbocycles. The fraction of sp³-hybridized carbons (Fsp3) is 0.632. The standard InChI is InChI=1S/C19H31N3O3.ClH/c1-13(16-10-15(24-4)6-7-17(16)25-5)21-18(23)14(2)22-9-8-19(3,11-20)12-22;/h6-7,10,13-14H,8-9,11-12,20H2,1-5H3,(H,21,23);1H. The van der Waals surface area contributed by atoms with E-state index in [0.29, 0.717) is 6.54 Å². The zero-order chi connectivity index (χ0) is 18.6. The number of hydrogen-bond donors (Lipinski definition) is 2. The quantitative estimate of drug-likeness (QED) is 0.753. The van der Waals surface area contributed by atoms with Crippen molar-refractivity contribution in [2.75, 3.05) is 33.9 Å². The number of nitrogens with two attached hydrogens (primary N) is 1. The summed E-state index contributed by atoms with van der Waals surface area (Å²) in [6.45, 7) is 8.49. The van der Waals surface area contributed by atoms with Crippen LogP contribution in [0.1, 0.15) is 38.8 Å². The lowest BCUT2D eigenvalue weighted by Crippen LogP contribution is -2.46. The first-order valence-electron chi connectivity index (χ1n) is 8.80. The molecule has 26 heavy (non-hydrogen) atoms.